The summed E-state index contributed by atoms with van der Waals surface area (Å²) in [7, 11) is 1.42. The molecular weight excluding hydrogens is 437 g/mol. The normalized spacial score (nSPS) is 15.2. The summed E-state index contributed by atoms with van der Waals surface area (Å²) < 4.78 is 26.8. The van der Waals surface area contributed by atoms with Crippen LogP contribution in [0.5, 0.6) is 11.5 Å². The Morgan fingerprint density at radius 1 is 0.941 bits per heavy atom. The highest BCUT2D eigenvalue weighted by Gasteiger charge is 2.31. The Bertz CT molecular complexity index is 1280. The second-order valence-corrected chi connectivity index (χ2v) is 8.70. The second-order valence-electron chi connectivity index (χ2n) is 8.70. The van der Waals surface area contributed by atoms with Gasteiger partial charge in [-0.2, -0.15) is 0 Å². The van der Waals surface area contributed by atoms with Gasteiger partial charge in [0.15, 0.2) is 11.5 Å². The first kappa shape index (κ1) is 22.0. The van der Waals surface area contributed by atoms with Gasteiger partial charge in [-0.3, -0.25) is 9.69 Å². The summed E-state index contributed by atoms with van der Waals surface area (Å²) in [6.45, 7) is 4.17. The molecule has 0 N–H and O–H groups in total. The van der Waals surface area contributed by atoms with Gasteiger partial charge in [-0.15, -0.1) is 0 Å². The van der Waals surface area contributed by atoms with Gasteiger partial charge in [0, 0.05) is 44.0 Å². The lowest BCUT2D eigenvalue weighted by molar-refractivity contribution is -0.116. The third kappa shape index (κ3) is 4.00. The van der Waals surface area contributed by atoms with Gasteiger partial charge in [-0.25, -0.2) is 9.18 Å². The van der Waals surface area contributed by atoms with Gasteiger partial charge in [-0.05, 0) is 61.2 Å². The lowest BCUT2D eigenvalue weighted by Gasteiger charge is -2.35. The van der Waals surface area contributed by atoms with Crippen LogP contribution < -0.4 is 19.3 Å². The number of halogens is 1. The van der Waals surface area contributed by atoms with Crippen molar-refractivity contribution in [2.24, 2.45) is 0 Å². The van der Waals surface area contributed by atoms with Crippen molar-refractivity contribution in [2.75, 3.05) is 30.0 Å². The van der Waals surface area contributed by atoms with Crippen molar-refractivity contribution in [1.82, 2.24) is 4.57 Å². The molecule has 0 bridgehead atoms. The first-order valence-electron chi connectivity index (χ1n) is 11.3. The number of aromatic nitrogens is 1. The zero-order chi connectivity index (χ0) is 24.0. The monoisotopic (exact) mass is 463 g/mol. The molecule has 1 aliphatic heterocycles. The fourth-order valence-electron chi connectivity index (χ4n) is 4.48. The van der Waals surface area contributed by atoms with Gasteiger partial charge in [0.05, 0.1) is 18.5 Å². The lowest BCUT2D eigenvalue weighted by Crippen LogP contribution is -2.46. The number of hydrogen-bond donors (Lipinski definition) is 0. The molecule has 0 saturated heterocycles. The molecule has 2 heterocycles. The smallest absolute Gasteiger partial charge is 0.420 e. The van der Waals surface area contributed by atoms with E-state index in [1.54, 1.807) is 4.90 Å². The highest BCUT2D eigenvalue weighted by molar-refractivity contribution is 6.03. The molecular formula is C26H26FN3O4. The van der Waals surface area contributed by atoms with Crippen LogP contribution in [0.1, 0.15) is 31.5 Å². The molecule has 2 aromatic carbocycles. The number of methoxy groups -OCH3 is 1. The maximum Gasteiger partial charge on any atom is 0.420 e. The molecule has 3 aromatic rings. The van der Waals surface area contributed by atoms with Crippen LogP contribution in [0.4, 0.5) is 20.6 Å². The van der Waals surface area contributed by atoms with E-state index in [4.69, 9.17) is 9.47 Å². The number of ether oxygens (including phenoxy) is 2. The maximum absolute atomic E-state index is 13.8. The van der Waals surface area contributed by atoms with Crippen molar-refractivity contribution in [3.8, 4) is 22.6 Å². The highest BCUT2D eigenvalue weighted by Crippen LogP contribution is 2.41. The summed E-state index contributed by atoms with van der Waals surface area (Å²) in [6.07, 6.45) is 3.85. The van der Waals surface area contributed by atoms with Crippen LogP contribution in [0.15, 0.2) is 48.7 Å². The van der Waals surface area contributed by atoms with Crippen molar-refractivity contribution in [3.05, 3.63) is 60.2 Å². The topological polar surface area (TPSA) is 64.0 Å². The molecule has 0 spiro atoms. The van der Waals surface area contributed by atoms with E-state index in [9.17, 15) is 14.0 Å². The van der Waals surface area contributed by atoms with Crippen molar-refractivity contribution in [1.29, 1.82) is 0 Å². The third-order valence-corrected chi connectivity index (χ3v) is 6.35. The molecule has 8 heteroatoms. The van der Waals surface area contributed by atoms with Gasteiger partial charge in [0.2, 0.25) is 5.91 Å². The first-order chi connectivity index (χ1) is 16.4. The highest BCUT2D eigenvalue weighted by atomic mass is 19.1. The molecule has 34 heavy (non-hydrogen) atoms. The van der Waals surface area contributed by atoms with Gasteiger partial charge >= 0.3 is 6.09 Å². The van der Waals surface area contributed by atoms with Gasteiger partial charge in [0.1, 0.15) is 5.82 Å². The number of amides is 2. The standard InChI is InChI=1S/C26H26FN3O4/c1-16-12-19(15-30(16)21-6-7-21)18-4-8-22-23(13-18)29(11-10-28(22)17(2)31)26(32)34-25-14-20(27)5-9-24(25)33-3/h4-5,8-9,12-15,21H,6-7,10-11H2,1-3H3. The molecule has 0 atom stereocenters. The van der Waals surface area contributed by atoms with Crippen LogP contribution in [0.2, 0.25) is 0 Å². The van der Waals surface area contributed by atoms with Gasteiger partial charge in [0.25, 0.3) is 0 Å². The summed E-state index contributed by atoms with van der Waals surface area (Å²) in [4.78, 5) is 28.6. The minimum Gasteiger partial charge on any atom is -0.493 e. The first-order valence-corrected chi connectivity index (χ1v) is 11.3. The Balaban J connectivity index is 1.51. The van der Waals surface area contributed by atoms with E-state index in [2.05, 4.69) is 23.8 Å². The van der Waals surface area contributed by atoms with Crippen LogP contribution in [0, 0.1) is 12.7 Å². The molecule has 7 nitrogen and oxygen atoms in total. The average Bonchev–Trinajstić information content (AvgIpc) is 3.59. The molecule has 5 rings (SSSR count). The quantitative estimate of drug-likeness (QED) is 0.526. The average molecular weight is 464 g/mol. The summed E-state index contributed by atoms with van der Waals surface area (Å²) in [5.41, 5.74) is 4.37. The number of fused-ring (bicyclic) bond motifs is 1. The lowest BCUT2D eigenvalue weighted by atomic mass is 10.0. The Hall–Kier alpha value is -3.81. The van der Waals surface area contributed by atoms with Gasteiger partial charge < -0.3 is 18.9 Å². The fraction of sp³-hybridized carbons (Fsp3) is 0.308. The van der Waals surface area contributed by atoms with E-state index < -0.39 is 11.9 Å². The van der Waals surface area contributed by atoms with E-state index >= 15 is 0 Å². The molecule has 1 aliphatic carbocycles. The third-order valence-electron chi connectivity index (χ3n) is 6.35. The minimum atomic E-state index is -0.669. The van der Waals surface area contributed by atoms with Crippen molar-refractivity contribution in [2.45, 2.75) is 32.7 Å². The SMILES string of the molecule is COc1ccc(F)cc1OC(=O)N1CCN(C(C)=O)c2ccc(-c3cc(C)n(C4CC4)c3)cc21. The number of aryl methyl sites for hydroxylation is 1. The molecule has 2 amide bonds. The molecule has 0 unspecified atom stereocenters. The molecule has 1 saturated carbocycles. The number of carbonyl (C=O) groups excluding carboxylic acids is 2. The molecule has 1 fully saturated rings. The van der Waals surface area contributed by atoms with E-state index in [-0.39, 0.29) is 24.0 Å². The Morgan fingerprint density at radius 2 is 1.71 bits per heavy atom. The second kappa shape index (κ2) is 8.52. The Morgan fingerprint density at radius 3 is 2.41 bits per heavy atom. The van der Waals surface area contributed by atoms with E-state index in [1.807, 2.05) is 18.2 Å². The van der Waals surface area contributed by atoms with Crippen molar-refractivity contribution < 1.29 is 23.5 Å². The molecule has 2 aliphatic rings. The Labute approximate surface area is 197 Å². The van der Waals surface area contributed by atoms with E-state index in [0.29, 0.717) is 24.0 Å². The number of carbonyl (C=O) groups is 2. The zero-order valence-corrected chi connectivity index (χ0v) is 19.4. The number of anilines is 2. The minimum absolute atomic E-state index is 0.00339. The van der Waals surface area contributed by atoms with Crippen LogP contribution in [-0.4, -0.2) is 36.8 Å². The van der Waals surface area contributed by atoms with Crippen molar-refractivity contribution >= 4 is 23.4 Å². The number of benzene rings is 2. The molecule has 0 radical (unpaired) electrons. The zero-order valence-electron chi connectivity index (χ0n) is 19.4. The maximum atomic E-state index is 13.8. The van der Waals surface area contributed by atoms with Crippen LogP contribution in [-0.2, 0) is 4.79 Å². The largest absolute Gasteiger partial charge is 0.493 e. The summed E-state index contributed by atoms with van der Waals surface area (Å²) in [5.74, 6) is -0.396. The van der Waals surface area contributed by atoms with E-state index in [0.717, 1.165) is 17.2 Å². The predicted octanol–water partition coefficient (Wildman–Crippen LogP) is 5.32. The number of hydrogen-bond acceptors (Lipinski definition) is 4. The fourth-order valence-corrected chi connectivity index (χ4v) is 4.48. The molecule has 1 aromatic heterocycles. The van der Waals surface area contributed by atoms with E-state index in [1.165, 1.54) is 49.6 Å². The predicted molar refractivity (Wildman–Crippen MR) is 127 cm³/mol. The van der Waals surface area contributed by atoms with Crippen LogP contribution in [0.25, 0.3) is 11.1 Å². The summed E-state index contributed by atoms with van der Waals surface area (Å²) in [5, 5.41) is 0. The Kier molecular flexibility index (Phi) is 5.51. The molecule has 176 valence electrons. The number of nitrogens with zero attached hydrogens (tertiary/aromatic N) is 3. The van der Waals surface area contributed by atoms with Crippen molar-refractivity contribution in [3.63, 3.8) is 0 Å². The van der Waals surface area contributed by atoms with Crippen LogP contribution in [0.3, 0.4) is 0 Å². The number of rotatable bonds is 4. The summed E-state index contributed by atoms with van der Waals surface area (Å²) >= 11 is 0. The van der Waals surface area contributed by atoms with Gasteiger partial charge in [-0.1, -0.05) is 6.07 Å². The van der Waals surface area contributed by atoms with Crippen LogP contribution >= 0.6 is 0 Å². The summed E-state index contributed by atoms with van der Waals surface area (Å²) in [6, 6.07) is 12.2.